The summed E-state index contributed by atoms with van der Waals surface area (Å²) in [4.78, 5) is 40.4. The quantitative estimate of drug-likeness (QED) is 0.735. The third-order valence-electron chi connectivity index (χ3n) is 4.98. The first kappa shape index (κ1) is 20.5. The SMILES string of the molecule is O=C1S/C(=C\c2cccc(F)c2)C(=O)N1CCC(=O)N1CCCC[C@H]1CCO. The van der Waals surface area contributed by atoms with Gasteiger partial charge in [-0.3, -0.25) is 19.3 Å². The Kier molecular flexibility index (Phi) is 6.85. The highest BCUT2D eigenvalue weighted by atomic mass is 32.2. The molecule has 2 heterocycles. The van der Waals surface area contributed by atoms with Gasteiger partial charge in [0.2, 0.25) is 5.91 Å². The fourth-order valence-electron chi connectivity index (χ4n) is 3.57. The molecule has 0 bridgehead atoms. The molecule has 1 aromatic rings. The molecule has 150 valence electrons. The summed E-state index contributed by atoms with van der Waals surface area (Å²) in [6.07, 6.45) is 4.91. The molecule has 0 saturated carbocycles. The zero-order chi connectivity index (χ0) is 20.1. The van der Waals surface area contributed by atoms with Gasteiger partial charge >= 0.3 is 0 Å². The third kappa shape index (κ3) is 4.80. The molecule has 2 aliphatic heterocycles. The monoisotopic (exact) mass is 406 g/mol. The van der Waals surface area contributed by atoms with Gasteiger partial charge in [-0.15, -0.1) is 0 Å². The summed E-state index contributed by atoms with van der Waals surface area (Å²) in [6, 6.07) is 5.80. The molecule has 1 aromatic carbocycles. The largest absolute Gasteiger partial charge is 0.396 e. The van der Waals surface area contributed by atoms with Crippen molar-refractivity contribution in [1.82, 2.24) is 9.80 Å². The zero-order valence-corrected chi connectivity index (χ0v) is 16.3. The Bertz CT molecular complexity index is 796. The van der Waals surface area contributed by atoms with Gasteiger partial charge in [-0.2, -0.15) is 0 Å². The van der Waals surface area contributed by atoms with Crippen molar-refractivity contribution in [1.29, 1.82) is 0 Å². The van der Waals surface area contributed by atoms with Crippen molar-refractivity contribution in [2.24, 2.45) is 0 Å². The van der Waals surface area contributed by atoms with E-state index in [0.29, 0.717) is 18.5 Å². The van der Waals surface area contributed by atoms with E-state index in [-0.39, 0.29) is 36.4 Å². The lowest BCUT2D eigenvalue weighted by Gasteiger charge is -2.36. The van der Waals surface area contributed by atoms with E-state index >= 15 is 0 Å². The molecule has 0 unspecified atom stereocenters. The second-order valence-electron chi connectivity index (χ2n) is 6.89. The van der Waals surface area contributed by atoms with Gasteiger partial charge in [0.05, 0.1) is 4.91 Å². The summed E-state index contributed by atoms with van der Waals surface area (Å²) in [6.45, 7) is 0.694. The fourth-order valence-corrected chi connectivity index (χ4v) is 4.43. The maximum atomic E-state index is 13.3. The van der Waals surface area contributed by atoms with Gasteiger partial charge in [0.25, 0.3) is 11.1 Å². The molecule has 0 aromatic heterocycles. The number of aliphatic hydroxyl groups excluding tert-OH is 1. The minimum absolute atomic E-state index is 0.0202. The highest BCUT2D eigenvalue weighted by molar-refractivity contribution is 8.18. The first-order valence-electron chi connectivity index (χ1n) is 9.41. The van der Waals surface area contributed by atoms with Crippen LogP contribution in [0.1, 0.15) is 37.7 Å². The molecular weight excluding hydrogens is 383 g/mol. The van der Waals surface area contributed by atoms with Gasteiger partial charge in [-0.1, -0.05) is 12.1 Å². The van der Waals surface area contributed by atoms with Crippen LogP contribution in [0.3, 0.4) is 0 Å². The van der Waals surface area contributed by atoms with Crippen LogP contribution in [0.15, 0.2) is 29.2 Å². The van der Waals surface area contributed by atoms with Crippen LogP contribution in [0.4, 0.5) is 9.18 Å². The average molecular weight is 406 g/mol. The standard InChI is InChI=1S/C20H23FN2O4S/c21-15-5-3-4-14(12-15)13-17-19(26)23(20(27)28-17)10-7-18(25)22-9-2-1-6-16(22)8-11-24/h3-5,12-13,16,24H,1-2,6-11H2/b17-13-/t16-/m0/s1. The van der Waals surface area contributed by atoms with Crippen molar-refractivity contribution < 1.29 is 23.9 Å². The van der Waals surface area contributed by atoms with Crippen molar-refractivity contribution in [2.45, 2.75) is 38.1 Å². The topological polar surface area (TPSA) is 77.9 Å². The van der Waals surface area contributed by atoms with Gasteiger partial charge in [0.1, 0.15) is 5.82 Å². The van der Waals surface area contributed by atoms with Crippen LogP contribution in [0.2, 0.25) is 0 Å². The summed E-state index contributed by atoms with van der Waals surface area (Å²) in [7, 11) is 0. The van der Waals surface area contributed by atoms with Crippen molar-refractivity contribution in [3.05, 3.63) is 40.6 Å². The first-order chi connectivity index (χ1) is 13.5. The number of halogens is 1. The number of carbonyl (C=O) groups is 3. The highest BCUT2D eigenvalue weighted by Crippen LogP contribution is 2.32. The van der Waals surface area contributed by atoms with Crippen LogP contribution in [-0.2, 0) is 9.59 Å². The Morgan fingerprint density at radius 3 is 2.89 bits per heavy atom. The van der Waals surface area contributed by atoms with Gasteiger partial charge in [-0.05, 0) is 61.2 Å². The highest BCUT2D eigenvalue weighted by Gasteiger charge is 2.36. The van der Waals surface area contributed by atoms with E-state index in [9.17, 15) is 23.9 Å². The van der Waals surface area contributed by atoms with Gasteiger partial charge in [0, 0.05) is 32.2 Å². The zero-order valence-electron chi connectivity index (χ0n) is 15.5. The molecule has 0 spiro atoms. The van der Waals surface area contributed by atoms with Crippen molar-refractivity contribution in [3.8, 4) is 0 Å². The molecular formula is C20H23FN2O4S. The summed E-state index contributed by atoms with van der Waals surface area (Å²) < 4.78 is 13.3. The van der Waals surface area contributed by atoms with E-state index in [1.807, 2.05) is 0 Å². The average Bonchev–Trinajstić information content (AvgIpc) is 2.93. The number of amides is 3. The lowest BCUT2D eigenvalue weighted by Crippen LogP contribution is -2.45. The number of likely N-dealkylation sites (tertiary alicyclic amines) is 1. The summed E-state index contributed by atoms with van der Waals surface area (Å²) >= 11 is 0.797. The van der Waals surface area contributed by atoms with Gasteiger partial charge in [-0.25, -0.2) is 4.39 Å². The van der Waals surface area contributed by atoms with Crippen LogP contribution < -0.4 is 0 Å². The fraction of sp³-hybridized carbons (Fsp3) is 0.450. The number of imide groups is 1. The molecule has 3 rings (SSSR count). The maximum absolute atomic E-state index is 13.3. The van der Waals surface area contributed by atoms with E-state index in [2.05, 4.69) is 0 Å². The maximum Gasteiger partial charge on any atom is 0.293 e. The van der Waals surface area contributed by atoms with Crippen LogP contribution in [0, 0.1) is 5.82 Å². The number of piperidine rings is 1. The molecule has 3 amide bonds. The minimum atomic E-state index is -0.461. The molecule has 2 fully saturated rings. The number of carbonyl (C=O) groups excluding carboxylic acids is 3. The smallest absolute Gasteiger partial charge is 0.293 e. The van der Waals surface area contributed by atoms with Crippen molar-refractivity contribution in [3.63, 3.8) is 0 Å². The number of benzene rings is 1. The molecule has 8 heteroatoms. The predicted molar refractivity (Wildman–Crippen MR) is 105 cm³/mol. The van der Waals surface area contributed by atoms with Crippen molar-refractivity contribution >= 4 is 34.9 Å². The Morgan fingerprint density at radius 1 is 1.32 bits per heavy atom. The van der Waals surface area contributed by atoms with Gasteiger partial charge in [0.15, 0.2) is 0 Å². The van der Waals surface area contributed by atoms with E-state index in [4.69, 9.17) is 0 Å². The lowest BCUT2D eigenvalue weighted by molar-refractivity contribution is -0.135. The molecule has 1 atom stereocenters. The molecule has 6 nitrogen and oxygen atoms in total. The van der Waals surface area contributed by atoms with E-state index in [1.165, 1.54) is 24.3 Å². The number of nitrogens with zero attached hydrogens (tertiary/aromatic N) is 2. The Morgan fingerprint density at radius 2 is 2.14 bits per heavy atom. The lowest BCUT2D eigenvalue weighted by atomic mass is 9.99. The Labute approximate surface area is 167 Å². The molecule has 1 N–H and O–H groups in total. The van der Waals surface area contributed by atoms with Crippen molar-refractivity contribution in [2.75, 3.05) is 19.7 Å². The molecule has 28 heavy (non-hydrogen) atoms. The molecule has 0 aliphatic carbocycles. The minimum Gasteiger partial charge on any atom is -0.396 e. The number of hydrogen-bond donors (Lipinski definition) is 1. The van der Waals surface area contributed by atoms with E-state index in [0.717, 1.165) is 35.9 Å². The van der Waals surface area contributed by atoms with Crippen LogP contribution in [-0.4, -0.2) is 57.7 Å². The second kappa shape index (κ2) is 9.34. The number of rotatable bonds is 6. The molecule has 0 radical (unpaired) electrons. The van der Waals surface area contributed by atoms with E-state index in [1.54, 1.807) is 11.0 Å². The number of thioether (sulfide) groups is 1. The first-order valence-corrected chi connectivity index (χ1v) is 10.2. The normalized spacial score (nSPS) is 21.6. The number of aliphatic hydroxyl groups is 1. The summed E-state index contributed by atoms with van der Waals surface area (Å²) in [5.41, 5.74) is 0.502. The second-order valence-corrected chi connectivity index (χ2v) is 7.88. The van der Waals surface area contributed by atoms with Crippen LogP contribution in [0.25, 0.3) is 6.08 Å². The predicted octanol–water partition coefficient (Wildman–Crippen LogP) is 3.02. The van der Waals surface area contributed by atoms with Gasteiger partial charge < -0.3 is 10.0 Å². The number of hydrogen-bond acceptors (Lipinski definition) is 5. The molecule has 2 saturated heterocycles. The summed E-state index contributed by atoms with van der Waals surface area (Å²) in [5.74, 6) is -0.985. The third-order valence-corrected chi connectivity index (χ3v) is 5.89. The Hall–Kier alpha value is -2.19. The van der Waals surface area contributed by atoms with Crippen LogP contribution >= 0.6 is 11.8 Å². The van der Waals surface area contributed by atoms with E-state index < -0.39 is 17.0 Å². The molecule has 2 aliphatic rings. The summed E-state index contributed by atoms with van der Waals surface area (Å²) in [5, 5.41) is 8.76. The Balaban J connectivity index is 1.62. The van der Waals surface area contributed by atoms with Crippen LogP contribution in [0.5, 0.6) is 0 Å².